The van der Waals surface area contributed by atoms with E-state index in [2.05, 4.69) is 5.32 Å². The minimum Gasteiger partial charge on any atom is -0.397 e. The van der Waals surface area contributed by atoms with Gasteiger partial charge in [-0.2, -0.15) is 0 Å². The minimum absolute atomic E-state index is 0.147. The first-order valence-electron chi connectivity index (χ1n) is 6.17. The number of rotatable bonds is 4. The summed E-state index contributed by atoms with van der Waals surface area (Å²) in [7, 11) is 0. The minimum atomic E-state index is -0.851. The number of halogens is 2. The van der Waals surface area contributed by atoms with Gasteiger partial charge < -0.3 is 11.1 Å². The predicted molar refractivity (Wildman–Crippen MR) is 63.6 cm³/mol. The second-order valence-electron chi connectivity index (χ2n) is 5.17. The SMILES string of the molecule is Nc1ccc(F)c(F)c1NC(C1CC1)C1CC1. The fourth-order valence-electron chi connectivity index (χ4n) is 2.41. The third-order valence-corrected chi connectivity index (χ3v) is 3.70. The van der Waals surface area contributed by atoms with Crippen LogP contribution in [0.25, 0.3) is 0 Å². The van der Waals surface area contributed by atoms with E-state index in [1.807, 2.05) is 0 Å². The lowest BCUT2D eigenvalue weighted by atomic mass is 10.1. The van der Waals surface area contributed by atoms with Gasteiger partial charge in [0.2, 0.25) is 0 Å². The maximum atomic E-state index is 13.7. The lowest BCUT2D eigenvalue weighted by Gasteiger charge is -2.20. The molecule has 2 nitrogen and oxygen atoms in total. The molecule has 0 saturated heterocycles. The van der Waals surface area contributed by atoms with Gasteiger partial charge in [0.05, 0.1) is 11.4 Å². The first-order valence-corrected chi connectivity index (χ1v) is 6.17. The quantitative estimate of drug-likeness (QED) is 0.791. The van der Waals surface area contributed by atoms with Gasteiger partial charge in [-0.3, -0.25) is 0 Å². The zero-order valence-electron chi connectivity index (χ0n) is 9.55. The van der Waals surface area contributed by atoms with Crippen molar-refractivity contribution in [3.05, 3.63) is 23.8 Å². The molecule has 2 saturated carbocycles. The third-order valence-electron chi connectivity index (χ3n) is 3.70. The molecule has 2 aliphatic carbocycles. The monoisotopic (exact) mass is 238 g/mol. The number of nitrogens with two attached hydrogens (primary N) is 1. The van der Waals surface area contributed by atoms with Crippen molar-refractivity contribution in [3.63, 3.8) is 0 Å². The summed E-state index contributed by atoms with van der Waals surface area (Å²) in [5.74, 6) is -0.461. The van der Waals surface area contributed by atoms with Crippen molar-refractivity contribution in [2.75, 3.05) is 11.1 Å². The van der Waals surface area contributed by atoms with Crippen molar-refractivity contribution < 1.29 is 8.78 Å². The number of benzene rings is 1. The van der Waals surface area contributed by atoms with Crippen LogP contribution < -0.4 is 11.1 Å². The molecule has 2 aliphatic rings. The van der Waals surface area contributed by atoms with Crippen LogP contribution in [-0.4, -0.2) is 6.04 Å². The zero-order valence-corrected chi connectivity index (χ0v) is 9.55. The van der Waals surface area contributed by atoms with Crippen LogP contribution in [-0.2, 0) is 0 Å². The fraction of sp³-hybridized carbons (Fsp3) is 0.538. The number of nitrogen functional groups attached to an aromatic ring is 1. The highest BCUT2D eigenvalue weighted by Crippen LogP contribution is 2.46. The molecule has 0 unspecified atom stereocenters. The van der Waals surface area contributed by atoms with E-state index in [4.69, 9.17) is 5.73 Å². The van der Waals surface area contributed by atoms with E-state index >= 15 is 0 Å². The van der Waals surface area contributed by atoms with Crippen LogP contribution in [0.2, 0.25) is 0 Å². The van der Waals surface area contributed by atoms with Gasteiger partial charge in [0.15, 0.2) is 11.6 Å². The maximum absolute atomic E-state index is 13.7. The lowest BCUT2D eigenvalue weighted by molar-refractivity contribution is 0.504. The van der Waals surface area contributed by atoms with Crippen molar-refractivity contribution >= 4 is 11.4 Å². The fourth-order valence-corrected chi connectivity index (χ4v) is 2.41. The van der Waals surface area contributed by atoms with Crippen LogP contribution in [0.4, 0.5) is 20.2 Å². The molecule has 92 valence electrons. The Bertz CT molecular complexity index is 427. The van der Waals surface area contributed by atoms with Gasteiger partial charge >= 0.3 is 0 Å². The van der Waals surface area contributed by atoms with Gasteiger partial charge in [0, 0.05) is 6.04 Å². The highest BCUT2D eigenvalue weighted by atomic mass is 19.2. The van der Waals surface area contributed by atoms with Gasteiger partial charge in [-0.15, -0.1) is 0 Å². The zero-order chi connectivity index (χ0) is 12.0. The van der Waals surface area contributed by atoms with Crippen LogP contribution in [0.15, 0.2) is 12.1 Å². The van der Waals surface area contributed by atoms with Gasteiger partial charge in [0.1, 0.15) is 0 Å². The molecule has 2 fully saturated rings. The Balaban J connectivity index is 1.85. The average Bonchev–Trinajstić information content (AvgIpc) is 3.15. The van der Waals surface area contributed by atoms with Gasteiger partial charge in [-0.25, -0.2) is 8.78 Å². The van der Waals surface area contributed by atoms with Gasteiger partial charge in [-0.1, -0.05) is 0 Å². The molecule has 0 aliphatic heterocycles. The number of anilines is 2. The van der Waals surface area contributed by atoms with E-state index < -0.39 is 11.6 Å². The van der Waals surface area contributed by atoms with E-state index in [-0.39, 0.29) is 17.4 Å². The van der Waals surface area contributed by atoms with Gasteiger partial charge in [0.25, 0.3) is 0 Å². The summed E-state index contributed by atoms with van der Waals surface area (Å²) in [6.07, 6.45) is 4.74. The Labute approximate surface area is 99.2 Å². The third kappa shape index (κ3) is 2.08. The molecule has 0 atom stereocenters. The molecule has 17 heavy (non-hydrogen) atoms. The van der Waals surface area contributed by atoms with Crippen molar-refractivity contribution in [1.29, 1.82) is 0 Å². The van der Waals surface area contributed by atoms with Crippen LogP contribution in [0, 0.1) is 23.5 Å². The van der Waals surface area contributed by atoms with Crippen molar-refractivity contribution in [1.82, 2.24) is 0 Å². The summed E-state index contributed by atoms with van der Waals surface area (Å²) >= 11 is 0. The van der Waals surface area contributed by atoms with E-state index in [1.165, 1.54) is 31.7 Å². The maximum Gasteiger partial charge on any atom is 0.183 e. The molecule has 3 rings (SSSR count). The normalized spacial score (nSPS) is 19.7. The second-order valence-corrected chi connectivity index (χ2v) is 5.17. The summed E-state index contributed by atoms with van der Waals surface area (Å²) in [6.45, 7) is 0. The van der Waals surface area contributed by atoms with Crippen molar-refractivity contribution in [2.45, 2.75) is 31.7 Å². The van der Waals surface area contributed by atoms with Crippen molar-refractivity contribution in [3.8, 4) is 0 Å². The van der Waals surface area contributed by atoms with Gasteiger partial charge in [-0.05, 0) is 49.7 Å². The lowest BCUT2D eigenvalue weighted by Crippen LogP contribution is -2.25. The molecule has 0 aromatic heterocycles. The highest BCUT2D eigenvalue weighted by Gasteiger charge is 2.42. The Morgan fingerprint density at radius 2 is 1.71 bits per heavy atom. The molecule has 4 heteroatoms. The largest absolute Gasteiger partial charge is 0.397 e. The Morgan fingerprint density at radius 3 is 2.24 bits per heavy atom. The first kappa shape index (κ1) is 10.8. The Morgan fingerprint density at radius 1 is 1.12 bits per heavy atom. The molecule has 0 spiro atoms. The first-order chi connectivity index (χ1) is 8.16. The highest BCUT2D eigenvalue weighted by molar-refractivity contribution is 5.67. The number of hydrogen-bond donors (Lipinski definition) is 2. The molecule has 3 N–H and O–H groups in total. The van der Waals surface area contributed by atoms with Crippen LogP contribution in [0.3, 0.4) is 0 Å². The molecule has 0 radical (unpaired) electrons. The van der Waals surface area contributed by atoms with Crippen molar-refractivity contribution in [2.24, 2.45) is 11.8 Å². The molecular weight excluding hydrogens is 222 g/mol. The molecule has 0 amide bonds. The van der Waals surface area contributed by atoms with Crippen LogP contribution in [0.5, 0.6) is 0 Å². The summed E-state index contributed by atoms with van der Waals surface area (Å²) < 4.78 is 26.8. The molecular formula is C13H16F2N2. The van der Waals surface area contributed by atoms with Crippen LogP contribution in [0.1, 0.15) is 25.7 Å². The average molecular weight is 238 g/mol. The molecule has 1 aromatic carbocycles. The van der Waals surface area contributed by atoms with E-state index in [0.29, 0.717) is 11.8 Å². The standard InChI is InChI=1S/C13H16F2N2/c14-9-5-6-10(16)13(11(9)15)17-12(7-1-2-7)8-3-4-8/h5-8,12,17H,1-4,16H2. The number of nitrogens with one attached hydrogen (secondary N) is 1. The second kappa shape index (κ2) is 3.86. The summed E-state index contributed by atoms with van der Waals surface area (Å²) in [4.78, 5) is 0. The smallest absolute Gasteiger partial charge is 0.183 e. The van der Waals surface area contributed by atoms with E-state index in [9.17, 15) is 8.78 Å². The number of hydrogen-bond acceptors (Lipinski definition) is 2. The summed E-state index contributed by atoms with van der Waals surface area (Å²) in [6, 6.07) is 2.75. The van der Waals surface area contributed by atoms with Crippen LogP contribution >= 0.6 is 0 Å². The molecule has 0 bridgehead atoms. The predicted octanol–water partition coefficient (Wildman–Crippen LogP) is 3.15. The Kier molecular flexibility index (Phi) is 2.45. The topological polar surface area (TPSA) is 38.0 Å². The molecule has 1 aromatic rings. The Hall–Kier alpha value is -1.32. The van der Waals surface area contributed by atoms with E-state index in [1.54, 1.807) is 0 Å². The molecule has 0 heterocycles. The summed E-state index contributed by atoms with van der Waals surface area (Å²) in [5.41, 5.74) is 6.14. The van der Waals surface area contributed by atoms with E-state index in [0.717, 1.165) is 6.07 Å². The summed E-state index contributed by atoms with van der Waals surface area (Å²) in [5, 5.41) is 3.14.